The fourth-order valence-corrected chi connectivity index (χ4v) is 8.95. The molecule has 4 aliphatic heterocycles. The number of carbonyl (C=O) groups is 1. The number of ether oxygens (including phenoxy) is 3. The maximum absolute atomic E-state index is 14.6. The van der Waals surface area contributed by atoms with E-state index in [0.717, 1.165) is 69.9 Å². The van der Waals surface area contributed by atoms with Gasteiger partial charge in [0.15, 0.2) is 0 Å². The summed E-state index contributed by atoms with van der Waals surface area (Å²) in [7, 11) is 0. The second-order valence-electron chi connectivity index (χ2n) is 15.3. The van der Waals surface area contributed by atoms with Crippen LogP contribution in [0.4, 0.5) is 15.0 Å². The molecule has 1 amide bonds. The zero-order valence-electron chi connectivity index (χ0n) is 29.0. The molecular weight excluding hydrogens is 705 g/mol. The number of amides is 1. The molecule has 2 aromatic heterocycles. The van der Waals surface area contributed by atoms with Crippen LogP contribution in [0.1, 0.15) is 58.4 Å². The van der Waals surface area contributed by atoms with Crippen LogP contribution >= 0.6 is 15.9 Å². The SMILES string of the molecule is CC(C)(C)OC(=O)N1C2CCC1CN(c1nc(OC[C@@]34CCCN3C[C@H](F)C4)nc3cc(Br)c4nn(CCOCc5ccccc5)cc4c13)C2. The Morgan fingerprint density at radius 1 is 1.10 bits per heavy atom. The Hall–Kier alpha value is -3.55. The van der Waals surface area contributed by atoms with Crippen molar-refractivity contribution in [2.24, 2.45) is 0 Å². The number of hydrogen-bond donors (Lipinski definition) is 0. The summed E-state index contributed by atoms with van der Waals surface area (Å²) in [5.74, 6) is 0.763. The number of halogens is 2. The van der Waals surface area contributed by atoms with E-state index in [0.29, 0.717) is 52.4 Å². The topological polar surface area (TPSA) is 98.1 Å². The highest BCUT2D eigenvalue weighted by Crippen LogP contribution is 2.42. The molecule has 0 N–H and O–H groups in total. The number of aromatic nitrogens is 4. The van der Waals surface area contributed by atoms with Gasteiger partial charge in [-0.3, -0.25) is 14.5 Å². The van der Waals surface area contributed by atoms with E-state index in [1.54, 1.807) is 0 Å². The lowest BCUT2D eigenvalue weighted by Gasteiger charge is -2.42. The van der Waals surface area contributed by atoms with Gasteiger partial charge in [0.1, 0.15) is 29.7 Å². The Morgan fingerprint density at radius 3 is 2.64 bits per heavy atom. The van der Waals surface area contributed by atoms with Gasteiger partial charge in [0.2, 0.25) is 0 Å². The second-order valence-corrected chi connectivity index (χ2v) is 16.2. The van der Waals surface area contributed by atoms with Crippen LogP contribution < -0.4 is 9.64 Å². The van der Waals surface area contributed by atoms with Crippen LogP contribution in [0.5, 0.6) is 6.01 Å². The lowest BCUT2D eigenvalue weighted by Crippen LogP contribution is -2.57. The summed E-state index contributed by atoms with van der Waals surface area (Å²) in [5, 5.41) is 6.75. The van der Waals surface area contributed by atoms with Gasteiger partial charge in [-0.15, -0.1) is 0 Å². The largest absolute Gasteiger partial charge is 0.461 e. The predicted molar refractivity (Wildman–Crippen MR) is 192 cm³/mol. The molecule has 0 aliphatic carbocycles. The zero-order chi connectivity index (χ0) is 34.6. The smallest absolute Gasteiger partial charge is 0.410 e. The summed E-state index contributed by atoms with van der Waals surface area (Å²) in [6, 6.07) is 12.4. The Morgan fingerprint density at radius 2 is 1.88 bits per heavy atom. The maximum atomic E-state index is 14.6. The van der Waals surface area contributed by atoms with Gasteiger partial charge in [0, 0.05) is 42.1 Å². The van der Waals surface area contributed by atoms with Crippen molar-refractivity contribution in [3.05, 3.63) is 52.6 Å². The molecule has 4 saturated heterocycles. The summed E-state index contributed by atoms with van der Waals surface area (Å²) < 4.78 is 35.5. The van der Waals surface area contributed by atoms with Crippen LogP contribution in [-0.4, -0.2) is 104 Å². The highest BCUT2D eigenvalue weighted by Gasteiger charge is 2.50. The fourth-order valence-electron chi connectivity index (χ4n) is 8.44. The molecule has 8 rings (SSSR count). The van der Waals surface area contributed by atoms with Crippen molar-refractivity contribution >= 4 is 49.6 Å². The molecule has 2 aromatic carbocycles. The van der Waals surface area contributed by atoms with E-state index in [-0.39, 0.29) is 29.7 Å². The Balaban J connectivity index is 1.12. The Labute approximate surface area is 300 Å². The highest BCUT2D eigenvalue weighted by molar-refractivity contribution is 9.10. The molecule has 11 nitrogen and oxygen atoms in total. The lowest BCUT2D eigenvalue weighted by atomic mass is 9.95. The van der Waals surface area contributed by atoms with E-state index in [2.05, 4.69) is 37.9 Å². The van der Waals surface area contributed by atoms with Crippen LogP contribution in [0.2, 0.25) is 0 Å². The zero-order valence-corrected chi connectivity index (χ0v) is 30.6. The minimum atomic E-state index is -0.840. The molecule has 2 bridgehead atoms. The number of hydrogen-bond acceptors (Lipinski definition) is 9. The number of fused-ring (bicyclic) bond motifs is 6. The molecule has 0 radical (unpaired) electrons. The summed E-state index contributed by atoms with van der Waals surface area (Å²) in [6.07, 6.45) is 5.17. The quantitative estimate of drug-likeness (QED) is 0.178. The van der Waals surface area contributed by atoms with E-state index in [9.17, 15) is 9.18 Å². The monoisotopic (exact) mass is 749 g/mol. The molecule has 50 heavy (non-hydrogen) atoms. The van der Waals surface area contributed by atoms with Gasteiger partial charge in [-0.25, -0.2) is 9.18 Å². The van der Waals surface area contributed by atoms with E-state index < -0.39 is 11.8 Å². The second kappa shape index (κ2) is 13.2. The molecule has 2 unspecified atom stereocenters. The first kappa shape index (κ1) is 33.6. The lowest BCUT2D eigenvalue weighted by molar-refractivity contribution is 0.0122. The van der Waals surface area contributed by atoms with Gasteiger partial charge in [0.25, 0.3) is 0 Å². The number of nitrogens with zero attached hydrogens (tertiary/aromatic N) is 7. The van der Waals surface area contributed by atoms with Gasteiger partial charge < -0.3 is 19.1 Å². The van der Waals surface area contributed by atoms with Crippen LogP contribution in [-0.2, 0) is 22.6 Å². The number of rotatable bonds is 9. The third kappa shape index (κ3) is 6.52. The number of carbonyl (C=O) groups excluding carboxylic acids is 1. The minimum absolute atomic E-state index is 0.000628. The van der Waals surface area contributed by atoms with Crippen LogP contribution in [0.25, 0.3) is 21.8 Å². The van der Waals surface area contributed by atoms with E-state index in [4.69, 9.17) is 29.3 Å². The van der Waals surface area contributed by atoms with Crippen molar-refractivity contribution in [1.29, 1.82) is 0 Å². The van der Waals surface area contributed by atoms with Crippen molar-refractivity contribution in [3.63, 3.8) is 0 Å². The highest BCUT2D eigenvalue weighted by atomic mass is 79.9. The molecule has 4 aromatic rings. The standard InChI is InChI=1S/C37H45BrFN7O4/c1-36(2,3)50-35(47)46-26-10-11-27(46)20-43(19-26)33-31-28-21-45(14-15-48-22-24-8-5-4-6-9-24)42-32(28)29(38)16-30(31)40-34(41-33)49-23-37-12-7-13-44(37)18-25(39)17-37/h4-6,8-9,16,21,25-27H,7,10-15,17-20,22-23H2,1-3H3/t25-,26?,27?,37+/m1/s1. The van der Waals surface area contributed by atoms with Crippen molar-refractivity contribution < 1.29 is 23.4 Å². The third-order valence-electron chi connectivity index (χ3n) is 10.6. The van der Waals surface area contributed by atoms with Crippen molar-refractivity contribution in [2.75, 3.05) is 44.3 Å². The molecule has 4 fully saturated rings. The van der Waals surface area contributed by atoms with E-state index >= 15 is 0 Å². The number of benzene rings is 2. The molecule has 0 spiro atoms. The average molecular weight is 751 g/mol. The first-order chi connectivity index (χ1) is 24.0. The number of anilines is 1. The van der Waals surface area contributed by atoms with Gasteiger partial charge in [-0.05, 0) is 80.6 Å². The van der Waals surface area contributed by atoms with Crippen LogP contribution in [0.15, 0.2) is 47.1 Å². The van der Waals surface area contributed by atoms with Crippen LogP contribution in [0.3, 0.4) is 0 Å². The molecule has 4 aliphatic rings. The van der Waals surface area contributed by atoms with Gasteiger partial charge in [0.05, 0.1) is 48.3 Å². The predicted octanol–water partition coefficient (Wildman–Crippen LogP) is 6.50. The van der Waals surface area contributed by atoms with E-state index in [1.165, 1.54) is 0 Å². The Kier molecular flexibility index (Phi) is 8.87. The first-order valence-corrected chi connectivity index (χ1v) is 18.6. The van der Waals surface area contributed by atoms with Crippen molar-refractivity contribution in [1.82, 2.24) is 29.5 Å². The average Bonchev–Trinajstić information content (AvgIpc) is 3.81. The summed E-state index contributed by atoms with van der Waals surface area (Å²) in [6.45, 7) is 10.3. The molecule has 6 heterocycles. The van der Waals surface area contributed by atoms with E-state index in [1.807, 2.05) is 60.8 Å². The van der Waals surface area contributed by atoms with Gasteiger partial charge in [-0.2, -0.15) is 15.1 Å². The van der Waals surface area contributed by atoms with Crippen LogP contribution in [0, 0.1) is 0 Å². The Bertz CT molecular complexity index is 1870. The molecular formula is C37H45BrFN7O4. The summed E-state index contributed by atoms with van der Waals surface area (Å²) >= 11 is 3.77. The minimum Gasteiger partial charge on any atom is -0.461 e. The first-order valence-electron chi connectivity index (χ1n) is 17.8. The maximum Gasteiger partial charge on any atom is 0.410 e. The van der Waals surface area contributed by atoms with Crippen molar-refractivity contribution in [2.45, 2.75) is 95.4 Å². The molecule has 0 saturated carbocycles. The molecule has 4 atom stereocenters. The summed E-state index contributed by atoms with van der Waals surface area (Å²) in [4.78, 5) is 29.8. The molecule has 13 heteroatoms. The molecule has 266 valence electrons. The summed E-state index contributed by atoms with van der Waals surface area (Å²) in [5.41, 5.74) is 1.80. The van der Waals surface area contributed by atoms with Crippen molar-refractivity contribution in [3.8, 4) is 6.01 Å². The van der Waals surface area contributed by atoms with Gasteiger partial charge >= 0.3 is 12.1 Å². The number of piperazine rings is 1. The number of alkyl halides is 1. The third-order valence-corrected chi connectivity index (χ3v) is 11.2. The van der Waals surface area contributed by atoms with Gasteiger partial charge in [-0.1, -0.05) is 30.3 Å². The fraction of sp³-hybridized carbons (Fsp3) is 0.568. The normalized spacial score (nSPS) is 25.2.